The lowest BCUT2D eigenvalue weighted by Crippen LogP contribution is -2.41. The number of benzene rings is 1. The first-order valence-electron chi connectivity index (χ1n) is 9.05. The van der Waals surface area contributed by atoms with Crippen molar-refractivity contribution in [1.82, 2.24) is 5.32 Å². The number of hydrogen-bond acceptors (Lipinski definition) is 4. The van der Waals surface area contributed by atoms with Crippen LogP contribution in [0.2, 0.25) is 0 Å². The summed E-state index contributed by atoms with van der Waals surface area (Å²) in [7, 11) is 1.56. The van der Waals surface area contributed by atoms with Gasteiger partial charge in [-0.3, -0.25) is 9.59 Å². The summed E-state index contributed by atoms with van der Waals surface area (Å²) in [6.45, 7) is 1.82. The molecule has 1 aliphatic carbocycles. The number of aryl methyl sites for hydroxylation is 1. The number of ether oxygens (including phenoxy) is 1. The molecule has 1 N–H and O–H groups in total. The predicted molar refractivity (Wildman–Crippen MR) is 94.3 cm³/mol. The number of hydrogen-bond donors (Lipinski definition) is 1. The van der Waals surface area contributed by atoms with Crippen molar-refractivity contribution in [2.75, 3.05) is 7.05 Å². The monoisotopic (exact) mass is 341 g/mol. The Morgan fingerprint density at radius 1 is 1.16 bits per heavy atom. The van der Waals surface area contributed by atoms with E-state index in [1.165, 1.54) is 12.8 Å². The minimum Gasteiger partial charge on any atom is -0.486 e. The number of fused-ring (bicyclic) bond motifs is 3. The molecule has 5 nitrogen and oxygen atoms in total. The van der Waals surface area contributed by atoms with Gasteiger partial charge in [-0.25, -0.2) is 0 Å². The molecule has 2 aliphatic rings. The Balaban J connectivity index is 1.84. The molecule has 1 aromatic carbocycles. The van der Waals surface area contributed by atoms with Gasteiger partial charge >= 0.3 is 0 Å². The van der Waals surface area contributed by atoms with Crippen molar-refractivity contribution in [3.63, 3.8) is 0 Å². The Labute approximate surface area is 146 Å². The first-order chi connectivity index (χ1) is 12.0. The summed E-state index contributed by atoms with van der Waals surface area (Å²) in [4.78, 5) is 25.1. The van der Waals surface area contributed by atoms with Gasteiger partial charge in [0.25, 0.3) is 5.91 Å². The van der Waals surface area contributed by atoms with Gasteiger partial charge in [0.2, 0.25) is 0 Å². The molecule has 1 saturated carbocycles. The molecule has 1 fully saturated rings. The Kier molecular flexibility index (Phi) is 3.82. The summed E-state index contributed by atoms with van der Waals surface area (Å²) in [5, 5.41) is 3.29. The third-order valence-electron chi connectivity index (χ3n) is 5.59. The lowest BCUT2D eigenvalue weighted by atomic mass is 9.83. The number of amides is 1. The van der Waals surface area contributed by atoms with Gasteiger partial charge in [0.15, 0.2) is 11.5 Å². The van der Waals surface area contributed by atoms with Gasteiger partial charge < -0.3 is 14.5 Å². The van der Waals surface area contributed by atoms with Gasteiger partial charge in [0, 0.05) is 18.0 Å². The number of rotatable bonds is 1. The van der Waals surface area contributed by atoms with E-state index >= 15 is 0 Å². The number of carbonyl (C=O) groups is 2. The topological polar surface area (TPSA) is 68.5 Å². The average Bonchev–Trinajstić information content (AvgIpc) is 2.78. The van der Waals surface area contributed by atoms with Crippen LogP contribution in [-0.2, 0) is 0 Å². The molecule has 0 unspecified atom stereocenters. The Bertz CT molecular complexity index is 856. The molecule has 0 atom stereocenters. The van der Waals surface area contributed by atoms with Crippen LogP contribution >= 0.6 is 0 Å². The predicted octanol–water partition coefficient (Wildman–Crippen LogP) is 4.16. The van der Waals surface area contributed by atoms with Crippen LogP contribution in [0.3, 0.4) is 0 Å². The quantitative estimate of drug-likeness (QED) is 0.846. The molecule has 5 heteroatoms. The van der Waals surface area contributed by atoms with E-state index in [4.69, 9.17) is 9.15 Å². The molecule has 0 radical (unpaired) electrons. The molecule has 1 aliphatic heterocycles. The maximum Gasteiger partial charge on any atom is 0.287 e. The van der Waals surface area contributed by atoms with Crippen molar-refractivity contribution in [3.8, 4) is 5.75 Å². The SMILES string of the molecule is CNC(=O)c1oc2ccc3c(c2c1C)C(=O)CC1(CCCCCC1)O3. The largest absolute Gasteiger partial charge is 0.486 e. The van der Waals surface area contributed by atoms with Crippen molar-refractivity contribution in [1.29, 1.82) is 0 Å². The molecule has 1 spiro atoms. The first kappa shape index (κ1) is 16.2. The zero-order valence-corrected chi connectivity index (χ0v) is 14.7. The lowest BCUT2D eigenvalue weighted by Gasteiger charge is -2.37. The fraction of sp³-hybridized carbons (Fsp3) is 0.500. The zero-order chi connectivity index (χ0) is 17.6. The maximum absolute atomic E-state index is 13.1. The standard InChI is InChI=1S/C20H23NO4/c1-12-16-14(24-18(12)19(23)21-2)7-8-15-17(16)13(22)11-20(25-15)9-5-3-4-6-10-20/h7-8H,3-6,9-11H2,1-2H3,(H,21,23). The second-order valence-electron chi connectivity index (χ2n) is 7.25. The molecular formula is C20H23NO4. The molecule has 0 saturated heterocycles. The third kappa shape index (κ3) is 2.53. The third-order valence-corrected chi connectivity index (χ3v) is 5.59. The highest BCUT2D eigenvalue weighted by Gasteiger charge is 2.42. The summed E-state index contributed by atoms with van der Waals surface area (Å²) in [5.74, 6) is 0.708. The second kappa shape index (κ2) is 5.90. The fourth-order valence-electron chi connectivity index (χ4n) is 4.32. The molecule has 25 heavy (non-hydrogen) atoms. The van der Waals surface area contributed by atoms with Crippen molar-refractivity contribution < 1.29 is 18.7 Å². The van der Waals surface area contributed by atoms with Gasteiger partial charge in [-0.05, 0) is 44.7 Å². The van der Waals surface area contributed by atoms with Crippen molar-refractivity contribution >= 4 is 22.7 Å². The van der Waals surface area contributed by atoms with E-state index in [1.807, 2.05) is 13.0 Å². The van der Waals surface area contributed by atoms with Gasteiger partial charge in [0.1, 0.15) is 16.9 Å². The summed E-state index contributed by atoms with van der Waals surface area (Å²) in [6, 6.07) is 3.62. The maximum atomic E-state index is 13.1. The van der Waals surface area contributed by atoms with E-state index in [2.05, 4.69) is 5.32 Å². The molecule has 1 amide bonds. The number of furan rings is 1. The second-order valence-corrected chi connectivity index (χ2v) is 7.25. The molecule has 1 aromatic heterocycles. The molecule has 2 aromatic rings. The van der Waals surface area contributed by atoms with Gasteiger partial charge in [-0.2, -0.15) is 0 Å². The van der Waals surface area contributed by atoms with Crippen molar-refractivity contribution in [2.24, 2.45) is 0 Å². The summed E-state index contributed by atoms with van der Waals surface area (Å²) < 4.78 is 12.1. The van der Waals surface area contributed by atoms with Gasteiger partial charge in [-0.15, -0.1) is 0 Å². The zero-order valence-electron chi connectivity index (χ0n) is 14.7. The van der Waals surface area contributed by atoms with Crippen molar-refractivity contribution in [3.05, 3.63) is 29.0 Å². The van der Waals surface area contributed by atoms with Crippen LogP contribution in [0.5, 0.6) is 5.75 Å². The fourth-order valence-corrected chi connectivity index (χ4v) is 4.32. The highest BCUT2D eigenvalue weighted by atomic mass is 16.5. The smallest absolute Gasteiger partial charge is 0.287 e. The minimum absolute atomic E-state index is 0.0982. The average molecular weight is 341 g/mol. The van der Waals surface area contributed by atoms with Crippen LogP contribution in [0.4, 0.5) is 0 Å². The molecule has 2 heterocycles. The molecular weight excluding hydrogens is 318 g/mol. The Morgan fingerprint density at radius 2 is 1.88 bits per heavy atom. The molecule has 132 valence electrons. The van der Waals surface area contributed by atoms with E-state index < -0.39 is 0 Å². The van der Waals surface area contributed by atoms with Gasteiger partial charge in [0.05, 0.1) is 12.0 Å². The van der Waals surface area contributed by atoms with E-state index in [0.717, 1.165) is 25.7 Å². The van der Waals surface area contributed by atoms with E-state index in [9.17, 15) is 9.59 Å². The Hall–Kier alpha value is -2.30. The first-order valence-corrected chi connectivity index (χ1v) is 9.05. The normalized spacial score (nSPS) is 19.4. The highest BCUT2D eigenvalue weighted by molar-refractivity contribution is 6.13. The number of Topliss-reactive ketones (excluding diaryl/α,β-unsaturated/α-hetero) is 1. The van der Waals surface area contributed by atoms with E-state index in [0.29, 0.717) is 34.3 Å². The lowest BCUT2D eigenvalue weighted by molar-refractivity contribution is 0.0301. The van der Waals surface area contributed by atoms with Crippen LogP contribution in [0.25, 0.3) is 11.0 Å². The van der Waals surface area contributed by atoms with Crippen LogP contribution in [0.15, 0.2) is 16.5 Å². The summed E-state index contributed by atoms with van der Waals surface area (Å²) in [5.41, 5.74) is 1.47. The van der Waals surface area contributed by atoms with Crippen LogP contribution < -0.4 is 10.1 Å². The van der Waals surface area contributed by atoms with E-state index in [-0.39, 0.29) is 23.1 Å². The van der Waals surface area contributed by atoms with Crippen LogP contribution in [0, 0.1) is 6.92 Å². The number of carbonyl (C=O) groups excluding carboxylic acids is 2. The van der Waals surface area contributed by atoms with E-state index in [1.54, 1.807) is 13.1 Å². The molecule has 0 bridgehead atoms. The van der Waals surface area contributed by atoms with Crippen LogP contribution in [0.1, 0.15) is 71.4 Å². The van der Waals surface area contributed by atoms with Crippen LogP contribution in [-0.4, -0.2) is 24.3 Å². The minimum atomic E-state index is -0.352. The summed E-state index contributed by atoms with van der Waals surface area (Å²) in [6.07, 6.45) is 6.92. The number of ketones is 1. The highest BCUT2D eigenvalue weighted by Crippen LogP contribution is 2.44. The number of nitrogens with one attached hydrogen (secondary N) is 1. The summed E-state index contributed by atoms with van der Waals surface area (Å²) >= 11 is 0. The molecule has 4 rings (SSSR count). The van der Waals surface area contributed by atoms with Crippen molar-refractivity contribution in [2.45, 2.75) is 57.5 Å². The Morgan fingerprint density at radius 3 is 2.56 bits per heavy atom. The van der Waals surface area contributed by atoms with Gasteiger partial charge in [-0.1, -0.05) is 12.8 Å².